The molecule has 8 heteroatoms. The molecule has 6 nitrogen and oxygen atoms in total. The van der Waals surface area contributed by atoms with Gasteiger partial charge in [-0.15, -0.1) is 11.3 Å². The van der Waals surface area contributed by atoms with Crippen LogP contribution in [0.15, 0.2) is 71.1 Å². The molecule has 2 aromatic carbocycles. The first-order valence-corrected chi connectivity index (χ1v) is 10.5. The fourth-order valence-electron chi connectivity index (χ4n) is 2.52. The maximum Gasteiger partial charge on any atom is 0.263 e. The van der Waals surface area contributed by atoms with Crippen molar-refractivity contribution in [1.82, 2.24) is 10.3 Å². The summed E-state index contributed by atoms with van der Waals surface area (Å²) in [6.45, 7) is 3.83. The predicted octanol–water partition coefficient (Wildman–Crippen LogP) is 3.61. The summed E-state index contributed by atoms with van der Waals surface area (Å²) in [5.74, 6) is -0.277. The van der Waals surface area contributed by atoms with E-state index in [-0.39, 0.29) is 10.8 Å². The molecule has 0 saturated heterocycles. The molecule has 0 aliphatic carbocycles. The lowest BCUT2D eigenvalue weighted by atomic mass is 9.94. The lowest BCUT2D eigenvalue weighted by molar-refractivity contribution is 0.0912. The van der Waals surface area contributed by atoms with Gasteiger partial charge >= 0.3 is 0 Å². The monoisotopic (exact) mass is 401 g/mol. The molecule has 1 heterocycles. The number of rotatable bonds is 6. The van der Waals surface area contributed by atoms with Crippen molar-refractivity contribution in [2.45, 2.75) is 24.3 Å². The summed E-state index contributed by atoms with van der Waals surface area (Å²) in [5, 5.41) is 4.94. The molecule has 0 bridgehead atoms. The molecule has 0 radical (unpaired) electrons. The van der Waals surface area contributed by atoms with Gasteiger partial charge in [0.1, 0.15) is 0 Å². The van der Waals surface area contributed by atoms with Crippen LogP contribution in [0.2, 0.25) is 0 Å². The van der Waals surface area contributed by atoms with Gasteiger partial charge in [-0.3, -0.25) is 9.52 Å². The Morgan fingerprint density at radius 1 is 1.04 bits per heavy atom. The molecule has 2 N–H and O–H groups in total. The van der Waals surface area contributed by atoms with Gasteiger partial charge in [0, 0.05) is 17.1 Å². The first-order valence-electron chi connectivity index (χ1n) is 8.18. The molecular formula is C19H19N3O3S2. The average Bonchev–Trinajstić information content (AvgIpc) is 3.14. The van der Waals surface area contributed by atoms with E-state index in [4.69, 9.17) is 0 Å². The summed E-state index contributed by atoms with van der Waals surface area (Å²) in [6, 6.07) is 15.4. The first kappa shape index (κ1) is 19.1. The number of carbonyl (C=O) groups is 1. The van der Waals surface area contributed by atoms with Crippen molar-refractivity contribution in [2.24, 2.45) is 0 Å². The molecule has 27 heavy (non-hydrogen) atoms. The van der Waals surface area contributed by atoms with Gasteiger partial charge in [-0.05, 0) is 43.7 Å². The number of thiazole rings is 1. The number of nitrogens with one attached hydrogen (secondary N) is 2. The summed E-state index contributed by atoms with van der Waals surface area (Å²) in [5.41, 5.74) is 0.799. The molecule has 0 fully saturated rings. The van der Waals surface area contributed by atoms with E-state index in [2.05, 4.69) is 15.0 Å². The van der Waals surface area contributed by atoms with Gasteiger partial charge in [0.2, 0.25) is 0 Å². The second-order valence-corrected chi connectivity index (χ2v) is 8.99. The van der Waals surface area contributed by atoms with Crippen molar-refractivity contribution in [3.8, 4) is 0 Å². The highest BCUT2D eigenvalue weighted by atomic mass is 32.2. The Morgan fingerprint density at radius 3 is 2.30 bits per heavy atom. The number of nitrogens with zero attached hydrogens (tertiary/aromatic N) is 1. The zero-order valence-electron chi connectivity index (χ0n) is 14.8. The summed E-state index contributed by atoms with van der Waals surface area (Å²) in [4.78, 5) is 16.5. The molecule has 3 aromatic rings. The largest absolute Gasteiger partial charge is 0.343 e. The van der Waals surface area contributed by atoms with E-state index in [1.807, 2.05) is 44.2 Å². The van der Waals surface area contributed by atoms with Crippen LogP contribution in [0.25, 0.3) is 0 Å². The molecule has 0 aliphatic heterocycles. The fourth-order valence-corrected chi connectivity index (χ4v) is 4.30. The minimum atomic E-state index is -3.74. The van der Waals surface area contributed by atoms with Gasteiger partial charge in [0.25, 0.3) is 15.9 Å². The van der Waals surface area contributed by atoms with Crippen molar-refractivity contribution in [3.05, 3.63) is 77.3 Å². The molecular weight excluding hydrogens is 382 g/mol. The van der Waals surface area contributed by atoms with E-state index in [0.717, 1.165) is 5.56 Å². The molecule has 1 amide bonds. The first-order chi connectivity index (χ1) is 12.8. The van der Waals surface area contributed by atoms with Crippen LogP contribution in [0.5, 0.6) is 0 Å². The van der Waals surface area contributed by atoms with Crippen LogP contribution in [0.4, 0.5) is 5.13 Å². The van der Waals surface area contributed by atoms with Crippen LogP contribution in [0.3, 0.4) is 0 Å². The summed E-state index contributed by atoms with van der Waals surface area (Å²) < 4.78 is 27.1. The summed E-state index contributed by atoms with van der Waals surface area (Å²) >= 11 is 1.19. The lowest BCUT2D eigenvalue weighted by Crippen LogP contribution is -2.40. The topological polar surface area (TPSA) is 88.2 Å². The Balaban J connectivity index is 1.74. The van der Waals surface area contributed by atoms with Gasteiger partial charge in [-0.2, -0.15) is 0 Å². The highest BCUT2D eigenvalue weighted by molar-refractivity contribution is 7.93. The molecule has 0 atom stereocenters. The molecule has 3 rings (SSSR count). The van der Waals surface area contributed by atoms with Crippen LogP contribution in [0, 0.1) is 0 Å². The third kappa shape index (κ3) is 4.53. The Kier molecular flexibility index (Phi) is 5.29. The maximum atomic E-state index is 12.6. The highest BCUT2D eigenvalue weighted by Crippen LogP contribution is 2.21. The van der Waals surface area contributed by atoms with Gasteiger partial charge < -0.3 is 5.32 Å². The van der Waals surface area contributed by atoms with E-state index in [1.54, 1.807) is 5.38 Å². The second-order valence-electron chi connectivity index (χ2n) is 6.41. The van der Waals surface area contributed by atoms with Crippen molar-refractivity contribution in [3.63, 3.8) is 0 Å². The second kappa shape index (κ2) is 7.50. The number of anilines is 1. The minimum Gasteiger partial charge on any atom is -0.343 e. The average molecular weight is 402 g/mol. The van der Waals surface area contributed by atoms with Gasteiger partial charge in [0.15, 0.2) is 5.13 Å². The van der Waals surface area contributed by atoms with Gasteiger partial charge in [-0.1, -0.05) is 30.3 Å². The van der Waals surface area contributed by atoms with Crippen molar-refractivity contribution < 1.29 is 13.2 Å². The maximum absolute atomic E-state index is 12.6. The lowest BCUT2D eigenvalue weighted by Gasteiger charge is -2.27. The Labute approximate surface area is 162 Å². The van der Waals surface area contributed by atoms with Gasteiger partial charge in [0.05, 0.1) is 10.4 Å². The smallest absolute Gasteiger partial charge is 0.263 e. The Morgan fingerprint density at radius 2 is 1.70 bits per heavy atom. The predicted molar refractivity (Wildman–Crippen MR) is 106 cm³/mol. The van der Waals surface area contributed by atoms with E-state index in [9.17, 15) is 13.2 Å². The van der Waals surface area contributed by atoms with Crippen LogP contribution in [-0.4, -0.2) is 19.3 Å². The molecule has 0 spiro atoms. The van der Waals surface area contributed by atoms with E-state index < -0.39 is 15.6 Å². The van der Waals surface area contributed by atoms with Crippen molar-refractivity contribution in [2.75, 3.05) is 4.72 Å². The Hall–Kier alpha value is -2.71. The standard InChI is InChI=1S/C19H19N3O3S2/c1-19(2,15-6-4-3-5-7-15)21-17(23)14-8-10-16(11-9-14)27(24,25)22-18-20-12-13-26-18/h3-13H,1-2H3,(H,20,22)(H,21,23). The van der Waals surface area contributed by atoms with Gasteiger partial charge in [-0.25, -0.2) is 13.4 Å². The molecule has 0 aliphatic rings. The SMILES string of the molecule is CC(C)(NC(=O)c1ccc(S(=O)(=O)Nc2nccs2)cc1)c1ccccc1. The zero-order valence-corrected chi connectivity index (χ0v) is 16.5. The third-order valence-electron chi connectivity index (χ3n) is 4.00. The summed E-state index contributed by atoms with van der Waals surface area (Å²) in [6.07, 6.45) is 1.52. The minimum absolute atomic E-state index is 0.0663. The molecule has 0 unspecified atom stereocenters. The quantitative estimate of drug-likeness (QED) is 0.660. The summed E-state index contributed by atoms with van der Waals surface area (Å²) in [7, 11) is -3.74. The number of amides is 1. The van der Waals surface area contributed by atoms with Crippen LogP contribution >= 0.6 is 11.3 Å². The zero-order chi connectivity index (χ0) is 19.5. The molecule has 1 aromatic heterocycles. The molecule has 0 saturated carbocycles. The van der Waals surface area contributed by atoms with Crippen molar-refractivity contribution in [1.29, 1.82) is 0 Å². The van der Waals surface area contributed by atoms with E-state index in [1.165, 1.54) is 41.8 Å². The van der Waals surface area contributed by atoms with Crippen molar-refractivity contribution >= 4 is 32.4 Å². The van der Waals surface area contributed by atoms with E-state index >= 15 is 0 Å². The van der Waals surface area contributed by atoms with Crippen LogP contribution in [0.1, 0.15) is 29.8 Å². The van der Waals surface area contributed by atoms with Crippen LogP contribution in [-0.2, 0) is 15.6 Å². The fraction of sp³-hybridized carbons (Fsp3) is 0.158. The number of hydrogen-bond acceptors (Lipinski definition) is 5. The number of sulfonamides is 1. The number of aromatic nitrogens is 1. The normalized spacial score (nSPS) is 11.8. The number of hydrogen-bond donors (Lipinski definition) is 2. The number of carbonyl (C=O) groups excluding carboxylic acids is 1. The number of benzene rings is 2. The van der Waals surface area contributed by atoms with E-state index in [0.29, 0.717) is 10.7 Å². The highest BCUT2D eigenvalue weighted by Gasteiger charge is 2.23. The third-order valence-corrected chi connectivity index (χ3v) is 6.17. The Bertz CT molecular complexity index is 1010. The molecule has 140 valence electrons. The van der Waals surface area contributed by atoms with Crippen LogP contribution < -0.4 is 10.0 Å².